The summed E-state index contributed by atoms with van der Waals surface area (Å²) < 4.78 is 0. The summed E-state index contributed by atoms with van der Waals surface area (Å²) in [5.74, 6) is 6.63. The summed E-state index contributed by atoms with van der Waals surface area (Å²) in [6.07, 6.45) is 1.97. The van der Waals surface area contributed by atoms with E-state index in [1.165, 1.54) is 0 Å². The number of piperidine rings is 1. The minimum absolute atomic E-state index is 0.0377. The molecule has 2 nitrogen and oxygen atoms in total. The molecule has 1 aliphatic rings. The van der Waals surface area contributed by atoms with Crippen LogP contribution in [0.15, 0.2) is 54.6 Å². The number of halogens is 1. The fourth-order valence-electron chi connectivity index (χ4n) is 3.07. The molecule has 0 aliphatic carbocycles. The van der Waals surface area contributed by atoms with Crippen LogP contribution in [0.5, 0.6) is 0 Å². The highest BCUT2D eigenvalue weighted by Gasteiger charge is 2.26. The van der Waals surface area contributed by atoms with Crippen LogP contribution in [0, 0.1) is 17.8 Å². The smallest absolute Gasteiger partial charge is 0.167 e. The van der Waals surface area contributed by atoms with Crippen LogP contribution >= 0.6 is 11.6 Å². The summed E-state index contributed by atoms with van der Waals surface area (Å²) in [6, 6.07) is 17.2. The minimum atomic E-state index is 0.0377. The predicted octanol–water partition coefficient (Wildman–Crippen LogP) is 4.29. The van der Waals surface area contributed by atoms with Gasteiger partial charge in [0.05, 0.1) is 6.54 Å². The topological polar surface area (TPSA) is 20.3 Å². The van der Waals surface area contributed by atoms with Gasteiger partial charge in [0.15, 0.2) is 5.78 Å². The minimum Gasteiger partial charge on any atom is -0.294 e. The molecule has 2 aromatic rings. The third-order valence-electron chi connectivity index (χ3n) is 4.29. The highest BCUT2D eigenvalue weighted by Crippen LogP contribution is 2.22. The number of rotatable bonds is 3. The van der Waals surface area contributed by atoms with E-state index in [-0.39, 0.29) is 11.7 Å². The van der Waals surface area contributed by atoms with Crippen molar-refractivity contribution in [1.29, 1.82) is 0 Å². The van der Waals surface area contributed by atoms with E-state index in [9.17, 15) is 4.79 Å². The normalized spacial score (nSPS) is 17.8. The van der Waals surface area contributed by atoms with Crippen molar-refractivity contribution in [3.8, 4) is 11.8 Å². The molecule has 1 saturated heterocycles. The van der Waals surface area contributed by atoms with Gasteiger partial charge in [-0.3, -0.25) is 9.69 Å². The molecule has 0 radical (unpaired) electrons. The van der Waals surface area contributed by atoms with Crippen LogP contribution in [0.2, 0.25) is 5.02 Å². The third-order valence-corrected chi connectivity index (χ3v) is 4.53. The van der Waals surface area contributed by atoms with E-state index < -0.39 is 0 Å². The summed E-state index contributed by atoms with van der Waals surface area (Å²) in [7, 11) is 0. The number of benzene rings is 2. The Morgan fingerprint density at radius 2 is 2.00 bits per heavy atom. The average Bonchev–Trinajstić information content (AvgIpc) is 2.62. The molecule has 3 heteroatoms. The van der Waals surface area contributed by atoms with Crippen molar-refractivity contribution in [3.05, 3.63) is 70.7 Å². The van der Waals surface area contributed by atoms with Gasteiger partial charge in [-0.25, -0.2) is 0 Å². The first-order chi connectivity index (χ1) is 11.7. The Morgan fingerprint density at radius 1 is 1.17 bits per heavy atom. The SMILES string of the molecule is O=C(c1cccc(Cl)c1)C1CCCN(CC#Cc2ccccc2)C1. The van der Waals surface area contributed by atoms with Gasteiger partial charge < -0.3 is 0 Å². The Kier molecular flexibility index (Phi) is 5.69. The number of hydrogen-bond donors (Lipinski definition) is 0. The van der Waals surface area contributed by atoms with Crippen molar-refractivity contribution in [3.63, 3.8) is 0 Å². The second-order valence-corrected chi connectivity index (χ2v) is 6.55. The summed E-state index contributed by atoms with van der Waals surface area (Å²) in [5.41, 5.74) is 1.74. The zero-order valence-corrected chi connectivity index (χ0v) is 14.3. The van der Waals surface area contributed by atoms with Gasteiger partial charge in [-0.05, 0) is 43.7 Å². The Morgan fingerprint density at radius 3 is 2.79 bits per heavy atom. The molecule has 1 unspecified atom stereocenters. The van der Waals surface area contributed by atoms with E-state index in [4.69, 9.17) is 11.6 Å². The standard InChI is InChI=1S/C21H20ClNO/c22-20-12-4-10-18(15-20)21(24)19-11-6-14-23(16-19)13-5-9-17-7-2-1-3-8-17/h1-4,7-8,10,12,15,19H,6,11,13-14,16H2. The van der Waals surface area contributed by atoms with Crippen LogP contribution in [0.1, 0.15) is 28.8 Å². The zero-order valence-electron chi connectivity index (χ0n) is 13.5. The van der Waals surface area contributed by atoms with Gasteiger partial charge in [-0.1, -0.05) is 53.8 Å². The molecule has 0 aromatic heterocycles. The van der Waals surface area contributed by atoms with Gasteiger partial charge in [0.2, 0.25) is 0 Å². The molecule has 0 amide bonds. The molecule has 1 atom stereocenters. The van der Waals surface area contributed by atoms with Crippen LogP contribution in [0.25, 0.3) is 0 Å². The first kappa shape index (κ1) is 16.8. The number of ketones is 1. The Hall–Kier alpha value is -2.08. The van der Waals surface area contributed by atoms with Crippen molar-refractivity contribution >= 4 is 17.4 Å². The maximum Gasteiger partial charge on any atom is 0.167 e. The summed E-state index contributed by atoms with van der Waals surface area (Å²) >= 11 is 6.00. The molecular formula is C21H20ClNO. The number of hydrogen-bond acceptors (Lipinski definition) is 2. The van der Waals surface area contributed by atoms with Crippen molar-refractivity contribution in [1.82, 2.24) is 4.90 Å². The number of nitrogens with zero attached hydrogens (tertiary/aromatic N) is 1. The van der Waals surface area contributed by atoms with Crippen molar-refractivity contribution in [2.45, 2.75) is 12.8 Å². The molecule has 3 rings (SSSR count). The van der Waals surface area contributed by atoms with Crippen LogP contribution in [0.4, 0.5) is 0 Å². The lowest BCUT2D eigenvalue weighted by Crippen LogP contribution is -2.38. The number of carbonyl (C=O) groups is 1. The number of Topliss-reactive ketones (excluding diaryl/α,β-unsaturated/α-hetero) is 1. The van der Waals surface area contributed by atoms with Gasteiger partial charge in [-0.2, -0.15) is 0 Å². The highest BCUT2D eigenvalue weighted by molar-refractivity contribution is 6.31. The second-order valence-electron chi connectivity index (χ2n) is 6.12. The lowest BCUT2D eigenvalue weighted by atomic mass is 9.90. The third kappa shape index (κ3) is 4.47. The number of carbonyl (C=O) groups excluding carboxylic acids is 1. The van der Waals surface area contributed by atoms with Crippen LogP contribution in [-0.4, -0.2) is 30.3 Å². The summed E-state index contributed by atoms with van der Waals surface area (Å²) in [6.45, 7) is 2.48. The summed E-state index contributed by atoms with van der Waals surface area (Å²) in [5, 5.41) is 0.613. The molecule has 2 aromatic carbocycles. The van der Waals surface area contributed by atoms with Gasteiger partial charge in [-0.15, -0.1) is 0 Å². The van der Waals surface area contributed by atoms with E-state index in [2.05, 4.69) is 16.7 Å². The monoisotopic (exact) mass is 337 g/mol. The lowest BCUT2D eigenvalue weighted by Gasteiger charge is -2.30. The molecule has 0 bridgehead atoms. The van der Waals surface area contributed by atoms with E-state index >= 15 is 0 Å². The quantitative estimate of drug-likeness (QED) is 0.615. The molecule has 0 spiro atoms. The molecule has 1 fully saturated rings. The zero-order chi connectivity index (χ0) is 16.8. The Balaban J connectivity index is 1.60. The fraction of sp³-hybridized carbons (Fsp3) is 0.286. The summed E-state index contributed by atoms with van der Waals surface area (Å²) in [4.78, 5) is 14.9. The number of likely N-dealkylation sites (tertiary alicyclic amines) is 1. The molecule has 24 heavy (non-hydrogen) atoms. The maximum atomic E-state index is 12.7. The van der Waals surface area contributed by atoms with E-state index in [1.807, 2.05) is 42.5 Å². The first-order valence-electron chi connectivity index (χ1n) is 8.28. The molecule has 1 heterocycles. The van der Waals surface area contributed by atoms with E-state index in [1.54, 1.807) is 12.1 Å². The Bertz CT molecular complexity index is 760. The molecule has 1 aliphatic heterocycles. The molecule has 122 valence electrons. The lowest BCUT2D eigenvalue weighted by molar-refractivity contribution is 0.0833. The van der Waals surface area contributed by atoms with Gasteiger partial charge in [0, 0.05) is 28.6 Å². The van der Waals surface area contributed by atoms with Crippen LogP contribution in [0.3, 0.4) is 0 Å². The molecule has 0 saturated carbocycles. The highest BCUT2D eigenvalue weighted by atomic mass is 35.5. The first-order valence-corrected chi connectivity index (χ1v) is 8.66. The largest absolute Gasteiger partial charge is 0.294 e. The van der Waals surface area contributed by atoms with Crippen molar-refractivity contribution in [2.24, 2.45) is 5.92 Å². The Labute approximate surface area is 148 Å². The predicted molar refractivity (Wildman–Crippen MR) is 98.3 cm³/mol. The van der Waals surface area contributed by atoms with Crippen molar-refractivity contribution < 1.29 is 4.79 Å². The van der Waals surface area contributed by atoms with Gasteiger partial charge in [0.1, 0.15) is 0 Å². The second kappa shape index (κ2) is 8.15. The van der Waals surface area contributed by atoms with Gasteiger partial charge in [0.25, 0.3) is 0 Å². The van der Waals surface area contributed by atoms with Crippen molar-refractivity contribution in [2.75, 3.05) is 19.6 Å². The van der Waals surface area contributed by atoms with E-state index in [0.29, 0.717) is 17.1 Å². The fourth-order valence-corrected chi connectivity index (χ4v) is 3.26. The maximum absolute atomic E-state index is 12.7. The van der Waals surface area contributed by atoms with Gasteiger partial charge >= 0.3 is 0 Å². The average molecular weight is 338 g/mol. The molecular weight excluding hydrogens is 318 g/mol. The molecule has 0 N–H and O–H groups in total. The van der Waals surface area contributed by atoms with E-state index in [0.717, 1.165) is 31.5 Å². The van der Waals surface area contributed by atoms with Crippen LogP contribution < -0.4 is 0 Å². The van der Waals surface area contributed by atoms with Crippen LogP contribution in [-0.2, 0) is 0 Å².